The second-order valence-electron chi connectivity index (χ2n) is 5.19. The van der Waals surface area contributed by atoms with Crippen molar-refractivity contribution in [3.8, 4) is 11.3 Å². The van der Waals surface area contributed by atoms with E-state index in [1.54, 1.807) is 0 Å². The van der Waals surface area contributed by atoms with Crippen LogP contribution in [0.3, 0.4) is 0 Å². The molecule has 0 amide bonds. The zero-order valence-electron chi connectivity index (χ0n) is 11.9. The van der Waals surface area contributed by atoms with Crippen molar-refractivity contribution in [2.75, 3.05) is 19.7 Å². The number of hydrogen-bond acceptors (Lipinski definition) is 4. The molecule has 0 aliphatic carbocycles. The lowest BCUT2D eigenvalue weighted by molar-refractivity contribution is 0.0221. The fraction of sp³-hybridized carbons (Fsp3) is 0.375. The van der Waals surface area contributed by atoms with Crippen molar-refractivity contribution in [1.82, 2.24) is 15.3 Å². The Labute approximate surface area is 119 Å². The van der Waals surface area contributed by atoms with Crippen molar-refractivity contribution >= 4 is 0 Å². The number of ether oxygens (including phenoxy) is 1. The number of benzene rings is 1. The highest BCUT2D eigenvalue weighted by Gasteiger charge is 2.19. The highest BCUT2D eigenvalue weighted by molar-refractivity contribution is 5.60. The first-order valence-electron chi connectivity index (χ1n) is 6.97. The molecular formula is C16H19N3O. The number of morpholine rings is 1. The second kappa shape index (κ2) is 5.69. The quantitative estimate of drug-likeness (QED) is 0.909. The van der Waals surface area contributed by atoms with Crippen LogP contribution in [0.2, 0.25) is 0 Å². The third kappa shape index (κ3) is 2.86. The molecule has 0 radical (unpaired) electrons. The molecule has 2 aromatic rings. The van der Waals surface area contributed by atoms with Gasteiger partial charge in [-0.1, -0.05) is 23.8 Å². The van der Waals surface area contributed by atoms with Crippen molar-refractivity contribution in [3.63, 3.8) is 0 Å². The fourth-order valence-electron chi connectivity index (χ4n) is 2.42. The summed E-state index contributed by atoms with van der Waals surface area (Å²) in [6.45, 7) is 6.47. The summed E-state index contributed by atoms with van der Waals surface area (Å²) < 4.78 is 5.75. The van der Waals surface area contributed by atoms with Crippen LogP contribution < -0.4 is 5.32 Å². The van der Waals surface area contributed by atoms with Gasteiger partial charge in [-0.05, 0) is 26.0 Å². The molecular weight excluding hydrogens is 250 g/mol. The van der Waals surface area contributed by atoms with E-state index in [1.165, 1.54) is 5.56 Å². The summed E-state index contributed by atoms with van der Waals surface area (Å²) in [5, 5.41) is 3.32. The molecule has 1 fully saturated rings. The van der Waals surface area contributed by atoms with Crippen molar-refractivity contribution in [2.45, 2.75) is 20.0 Å². The summed E-state index contributed by atoms with van der Waals surface area (Å²) in [5.74, 6) is 0.772. The van der Waals surface area contributed by atoms with Crippen molar-refractivity contribution in [1.29, 1.82) is 0 Å². The Kier molecular flexibility index (Phi) is 3.76. The summed E-state index contributed by atoms with van der Waals surface area (Å²) >= 11 is 0. The molecule has 20 heavy (non-hydrogen) atoms. The maximum atomic E-state index is 5.75. The van der Waals surface area contributed by atoms with E-state index >= 15 is 0 Å². The van der Waals surface area contributed by atoms with Crippen LogP contribution in [0.5, 0.6) is 0 Å². The first kappa shape index (κ1) is 13.2. The summed E-state index contributed by atoms with van der Waals surface area (Å²) in [6, 6.07) is 10.4. The third-order valence-electron chi connectivity index (χ3n) is 3.40. The summed E-state index contributed by atoms with van der Waals surface area (Å²) in [5.41, 5.74) is 4.29. The SMILES string of the molecule is Cc1cccc(-c2cc(C)nc(C3CNCCO3)n2)c1. The van der Waals surface area contributed by atoms with E-state index in [1.807, 2.05) is 13.0 Å². The molecule has 2 heterocycles. The van der Waals surface area contributed by atoms with Gasteiger partial charge in [0.25, 0.3) is 0 Å². The van der Waals surface area contributed by atoms with Gasteiger partial charge in [0, 0.05) is 24.3 Å². The van der Waals surface area contributed by atoms with Crippen molar-refractivity contribution in [2.24, 2.45) is 0 Å². The molecule has 1 aliphatic heterocycles. The molecule has 1 N–H and O–H groups in total. The zero-order valence-corrected chi connectivity index (χ0v) is 11.9. The minimum Gasteiger partial charge on any atom is -0.368 e. The molecule has 0 saturated carbocycles. The Balaban J connectivity index is 1.97. The molecule has 1 saturated heterocycles. The second-order valence-corrected chi connectivity index (χ2v) is 5.19. The minimum absolute atomic E-state index is 0.0489. The van der Waals surface area contributed by atoms with Crippen molar-refractivity contribution < 1.29 is 4.74 Å². The number of hydrogen-bond donors (Lipinski definition) is 1. The van der Waals surface area contributed by atoms with Gasteiger partial charge in [-0.25, -0.2) is 9.97 Å². The molecule has 1 aromatic carbocycles. The zero-order chi connectivity index (χ0) is 13.9. The van der Waals surface area contributed by atoms with Crippen LogP contribution in [0.15, 0.2) is 30.3 Å². The van der Waals surface area contributed by atoms with Crippen LogP contribution in [0.1, 0.15) is 23.2 Å². The average molecular weight is 269 g/mol. The van der Waals surface area contributed by atoms with Gasteiger partial charge >= 0.3 is 0 Å². The molecule has 1 aliphatic rings. The van der Waals surface area contributed by atoms with Crippen LogP contribution in [0.25, 0.3) is 11.3 Å². The lowest BCUT2D eigenvalue weighted by Gasteiger charge is -2.23. The standard InChI is InChI=1S/C16H19N3O/c1-11-4-3-5-13(8-11)14-9-12(2)18-16(19-14)15-10-17-6-7-20-15/h3-5,8-9,15,17H,6-7,10H2,1-2H3. The first-order valence-corrected chi connectivity index (χ1v) is 6.97. The molecule has 3 rings (SSSR count). The Morgan fingerprint density at radius 3 is 2.85 bits per heavy atom. The number of nitrogens with zero attached hydrogens (tertiary/aromatic N) is 2. The Hall–Kier alpha value is -1.78. The lowest BCUT2D eigenvalue weighted by atomic mass is 10.1. The molecule has 4 heteroatoms. The average Bonchev–Trinajstić information content (AvgIpc) is 2.47. The van der Waals surface area contributed by atoms with Crippen LogP contribution in [-0.2, 0) is 4.74 Å². The van der Waals surface area contributed by atoms with E-state index in [9.17, 15) is 0 Å². The smallest absolute Gasteiger partial charge is 0.159 e. The minimum atomic E-state index is -0.0489. The van der Waals surface area contributed by atoms with Crippen LogP contribution in [-0.4, -0.2) is 29.7 Å². The van der Waals surface area contributed by atoms with Gasteiger partial charge in [0.15, 0.2) is 5.82 Å². The van der Waals surface area contributed by atoms with Gasteiger partial charge in [0.05, 0.1) is 12.3 Å². The van der Waals surface area contributed by atoms with Gasteiger partial charge in [-0.3, -0.25) is 0 Å². The van der Waals surface area contributed by atoms with E-state index < -0.39 is 0 Å². The van der Waals surface area contributed by atoms with Crippen LogP contribution >= 0.6 is 0 Å². The Bertz CT molecular complexity index is 606. The van der Waals surface area contributed by atoms with Gasteiger partial charge in [-0.15, -0.1) is 0 Å². The van der Waals surface area contributed by atoms with Crippen LogP contribution in [0, 0.1) is 13.8 Å². The monoisotopic (exact) mass is 269 g/mol. The van der Waals surface area contributed by atoms with Gasteiger partial charge < -0.3 is 10.1 Å². The molecule has 1 aromatic heterocycles. The summed E-state index contributed by atoms with van der Waals surface area (Å²) in [7, 11) is 0. The molecule has 104 valence electrons. The fourth-order valence-corrected chi connectivity index (χ4v) is 2.42. The van der Waals surface area contributed by atoms with Gasteiger partial charge in [0.1, 0.15) is 6.10 Å². The highest BCUT2D eigenvalue weighted by Crippen LogP contribution is 2.22. The molecule has 0 spiro atoms. The number of rotatable bonds is 2. The third-order valence-corrected chi connectivity index (χ3v) is 3.40. The highest BCUT2D eigenvalue weighted by atomic mass is 16.5. The number of aryl methyl sites for hydroxylation is 2. The molecule has 1 unspecified atom stereocenters. The molecule has 4 nitrogen and oxygen atoms in total. The maximum Gasteiger partial charge on any atom is 0.159 e. The summed E-state index contributed by atoms with van der Waals surface area (Å²) in [4.78, 5) is 9.22. The Morgan fingerprint density at radius 2 is 2.10 bits per heavy atom. The largest absolute Gasteiger partial charge is 0.368 e. The molecule has 0 bridgehead atoms. The maximum absolute atomic E-state index is 5.75. The predicted octanol–water partition coefficient (Wildman–Crippen LogP) is 2.42. The van der Waals surface area contributed by atoms with E-state index in [-0.39, 0.29) is 6.10 Å². The number of nitrogens with one attached hydrogen (secondary N) is 1. The lowest BCUT2D eigenvalue weighted by Crippen LogP contribution is -2.34. The van der Waals surface area contributed by atoms with Crippen molar-refractivity contribution in [3.05, 3.63) is 47.4 Å². The number of aromatic nitrogens is 2. The van der Waals surface area contributed by atoms with Gasteiger partial charge in [-0.2, -0.15) is 0 Å². The molecule has 1 atom stereocenters. The van der Waals surface area contributed by atoms with E-state index in [2.05, 4.69) is 41.5 Å². The topological polar surface area (TPSA) is 47.0 Å². The Morgan fingerprint density at radius 1 is 1.20 bits per heavy atom. The first-order chi connectivity index (χ1) is 9.72. The van der Waals surface area contributed by atoms with E-state index in [0.29, 0.717) is 6.61 Å². The van der Waals surface area contributed by atoms with Crippen LogP contribution in [0.4, 0.5) is 0 Å². The van der Waals surface area contributed by atoms with Gasteiger partial charge in [0.2, 0.25) is 0 Å². The normalized spacial score (nSPS) is 19.0. The van der Waals surface area contributed by atoms with E-state index in [0.717, 1.165) is 35.9 Å². The summed E-state index contributed by atoms with van der Waals surface area (Å²) in [6.07, 6.45) is -0.0489. The predicted molar refractivity (Wildman–Crippen MR) is 78.5 cm³/mol. The van der Waals surface area contributed by atoms with E-state index in [4.69, 9.17) is 9.72 Å².